The zero-order valence-electron chi connectivity index (χ0n) is 17.0. The molecule has 2 aromatic carbocycles. The number of hydrogen-bond donors (Lipinski definition) is 1. The summed E-state index contributed by atoms with van der Waals surface area (Å²) >= 11 is 0. The zero-order chi connectivity index (χ0) is 20.4. The number of carbonyl (C=O) groups excluding carboxylic acids is 1. The minimum atomic E-state index is -0.00778. The van der Waals surface area contributed by atoms with Crippen LogP contribution in [-0.2, 0) is 6.42 Å². The van der Waals surface area contributed by atoms with Crippen LogP contribution in [0.1, 0.15) is 28.8 Å². The standard InChI is InChI=1S/C23H26N2O4/c1-27-20-12-15(13-21(28-2)22(20)29-3)23(26)25-10-6-7-17(25)11-16-14-24-19-9-5-4-8-18(16)19/h4-5,8-9,12-14,17,24H,6-7,10-11H2,1-3H3. The predicted octanol–water partition coefficient (Wildman–Crippen LogP) is 4.04. The molecule has 29 heavy (non-hydrogen) atoms. The van der Waals surface area contributed by atoms with E-state index in [9.17, 15) is 4.79 Å². The average molecular weight is 394 g/mol. The van der Waals surface area contributed by atoms with E-state index < -0.39 is 0 Å². The summed E-state index contributed by atoms with van der Waals surface area (Å²) < 4.78 is 16.2. The van der Waals surface area contributed by atoms with Crippen LogP contribution in [0.4, 0.5) is 0 Å². The molecule has 2 heterocycles. The van der Waals surface area contributed by atoms with Crippen LogP contribution in [-0.4, -0.2) is 49.7 Å². The topological polar surface area (TPSA) is 63.8 Å². The van der Waals surface area contributed by atoms with E-state index in [1.54, 1.807) is 33.5 Å². The molecule has 0 spiro atoms. The van der Waals surface area contributed by atoms with E-state index in [2.05, 4.69) is 23.3 Å². The predicted molar refractivity (Wildman–Crippen MR) is 112 cm³/mol. The van der Waals surface area contributed by atoms with E-state index in [0.29, 0.717) is 22.8 Å². The number of rotatable bonds is 6. The molecule has 1 fully saturated rings. The summed E-state index contributed by atoms with van der Waals surface area (Å²) in [5.74, 6) is 1.46. The second-order valence-corrected chi connectivity index (χ2v) is 7.27. The molecular weight excluding hydrogens is 368 g/mol. The van der Waals surface area contributed by atoms with Gasteiger partial charge in [0.15, 0.2) is 11.5 Å². The SMILES string of the molecule is COc1cc(C(=O)N2CCCC2Cc2c[nH]c3ccccc23)cc(OC)c1OC. The summed E-state index contributed by atoms with van der Waals surface area (Å²) in [6.07, 6.45) is 4.89. The molecule has 0 saturated carbocycles. The number of fused-ring (bicyclic) bond motifs is 1. The maximum atomic E-state index is 13.4. The first-order chi connectivity index (χ1) is 14.2. The lowest BCUT2D eigenvalue weighted by atomic mass is 10.0. The van der Waals surface area contributed by atoms with Crippen molar-refractivity contribution in [1.29, 1.82) is 0 Å². The Balaban J connectivity index is 1.61. The van der Waals surface area contributed by atoms with Crippen molar-refractivity contribution in [3.8, 4) is 17.2 Å². The summed E-state index contributed by atoms with van der Waals surface area (Å²) in [7, 11) is 4.67. The van der Waals surface area contributed by atoms with Gasteiger partial charge in [0.25, 0.3) is 5.91 Å². The van der Waals surface area contributed by atoms with Gasteiger partial charge in [-0.15, -0.1) is 0 Å². The lowest BCUT2D eigenvalue weighted by molar-refractivity contribution is 0.0735. The van der Waals surface area contributed by atoms with E-state index in [-0.39, 0.29) is 11.9 Å². The number of aromatic amines is 1. The third-order valence-corrected chi connectivity index (χ3v) is 5.68. The van der Waals surface area contributed by atoms with Crippen molar-refractivity contribution in [2.24, 2.45) is 0 Å². The number of para-hydroxylation sites is 1. The Morgan fingerprint density at radius 3 is 2.52 bits per heavy atom. The van der Waals surface area contributed by atoms with Gasteiger partial charge in [0.2, 0.25) is 5.75 Å². The van der Waals surface area contributed by atoms with Gasteiger partial charge in [0, 0.05) is 35.2 Å². The highest BCUT2D eigenvalue weighted by atomic mass is 16.5. The van der Waals surface area contributed by atoms with E-state index in [1.807, 2.05) is 17.0 Å². The van der Waals surface area contributed by atoms with Crippen molar-refractivity contribution in [3.63, 3.8) is 0 Å². The van der Waals surface area contributed by atoms with Crippen LogP contribution in [0.25, 0.3) is 10.9 Å². The molecular formula is C23H26N2O4. The molecule has 0 radical (unpaired) electrons. The number of methoxy groups -OCH3 is 3. The summed E-state index contributed by atoms with van der Waals surface area (Å²) in [5, 5.41) is 1.22. The second kappa shape index (κ2) is 8.07. The van der Waals surface area contributed by atoms with Crippen molar-refractivity contribution in [2.45, 2.75) is 25.3 Å². The van der Waals surface area contributed by atoms with E-state index >= 15 is 0 Å². The van der Waals surface area contributed by atoms with Gasteiger partial charge >= 0.3 is 0 Å². The molecule has 1 N–H and O–H groups in total. The molecule has 152 valence electrons. The van der Waals surface area contributed by atoms with E-state index in [4.69, 9.17) is 14.2 Å². The molecule has 1 aromatic heterocycles. The van der Waals surface area contributed by atoms with Gasteiger partial charge in [-0.25, -0.2) is 0 Å². The molecule has 4 rings (SSSR count). The molecule has 1 amide bonds. The van der Waals surface area contributed by atoms with Gasteiger partial charge in [0.05, 0.1) is 21.3 Å². The van der Waals surface area contributed by atoms with Crippen LogP contribution < -0.4 is 14.2 Å². The molecule has 1 atom stereocenters. The van der Waals surface area contributed by atoms with Gasteiger partial charge in [-0.2, -0.15) is 0 Å². The summed E-state index contributed by atoms with van der Waals surface area (Å²) in [6.45, 7) is 0.752. The van der Waals surface area contributed by atoms with Crippen LogP contribution in [0.15, 0.2) is 42.6 Å². The summed E-state index contributed by atoms with van der Waals surface area (Å²) in [5.41, 5.74) is 2.92. The Kier molecular flexibility index (Phi) is 5.34. The van der Waals surface area contributed by atoms with Gasteiger partial charge in [0.1, 0.15) is 0 Å². The maximum absolute atomic E-state index is 13.4. The van der Waals surface area contributed by atoms with Crippen LogP contribution in [0, 0.1) is 0 Å². The van der Waals surface area contributed by atoms with E-state index in [1.165, 1.54) is 10.9 Å². The highest BCUT2D eigenvalue weighted by Gasteiger charge is 2.31. The van der Waals surface area contributed by atoms with Crippen molar-refractivity contribution >= 4 is 16.8 Å². The van der Waals surface area contributed by atoms with Crippen molar-refractivity contribution in [2.75, 3.05) is 27.9 Å². The Labute approximate surface area is 170 Å². The van der Waals surface area contributed by atoms with Crippen molar-refractivity contribution in [3.05, 3.63) is 53.7 Å². The minimum absolute atomic E-state index is 0.00778. The Hall–Kier alpha value is -3.15. The highest BCUT2D eigenvalue weighted by molar-refractivity contribution is 5.96. The molecule has 0 aliphatic carbocycles. The molecule has 1 unspecified atom stereocenters. The molecule has 0 bridgehead atoms. The number of nitrogens with one attached hydrogen (secondary N) is 1. The third kappa shape index (κ3) is 3.50. The lowest BCUT2D eigenvalue weighted by Crippen LogP contribution is -2.36. The molecule has 3 aromatic rings. The Morgan fingerprint density at radius 1 is 1.10 bits per heavy atom. The number of benzene rings is 2. The number of H-pyrrole nitrogens is 1. The van der Waals surface area contributed by atoms with E-state index in [0.717, 1.165) is 31.3 Å². The highest BCUT2D eigenvalue weighted by Crippen LogP contribution is 2.39. The fourth-order valence-corrected chi connectivity index (χ4v) is 4.24. The third-order valence-electron chi connectivity index (χ3n) is 5.68. The van der Waals surface area contributed by atoms with Crippen molar-refractivity contribution < 1.29 is 19.0 Å². The quantitative estimate of drug-likeness (QED) is 0.685. The summed E-state index contributed by atoms with van der Waals surface area (Å²) in [4.78, 5) is 18.7. The average Bonchev–Trinajstić information content (AvgIpc) is 3.39. The fraction of sp³-hybridized carbons (Fsp3) is 0.348. The fourth-order valence-electron chi connectivity index (χ4n) is 4.24. The molecule has 6 heteroatoms. The number of hydrogen-bond acceptors (Lipinski definition) is 4. The van der Waals surface area contributed by atoms with Crippen LogP contribution in [0.3, 0.4) is 0 Å². The minimum Gasteiger partial charge on any atom is -0.493 e. The molecule has 1 aliphatic heterocycles. The smallest absolute Gasteiger partial charge is 0.254 e. The zero-order valence-corrected chi connectivity index (χ0v) is 17.0. The molecule has 1 aliphatic rings. The van der Waals surface area contributed by atoms with Crippen molar-refractivity contribution in [1.82, 2.24) is 9.88 Å². The number of aromatic nitrogens is 1. The van der Waals surface area contributed by atoms with Gasteiger partial charge in [-0.3, -0.25) is 4.79 Å². The largest absolute Gasteiger partial charge is 0.493 e. The molecule has 1 saturated heterocycles. The first-order valence-corrected chi connectivity index (χ1v) is 9.82. The van der Waals surface area contributed by atoms with Gasteiger partial charge in [-0.1, -0.05) is 18.2 Å². The lowest BCUT2D eigenvalue weighted by Gasteiger charge is -2.25. The monoisotopic (exact) mass is 394 g/mol. The number of amides is 1. The number of likely N-dealkylation sites (tertiary alicyclic amines) is 1. The molecule has 6 nitrogen and oxygen atoms in total. The maximum Gasteiger partial charge on any atom is 0.254 e. The number of ether oxygens (including phenoxy) is 3. The summed E-state index contributed by atoms with van der Waals surface area (Å²) in [6, 6.07) is 11.9. The first kappa shape index (κ1) is 19.2. The normalized spacial score (nSPS) is 16.2. The Morgan fingerprint density at radius 2 is 1.83 bits per heavy atom. The van der Waals surface area contributed by atoms with Gasteiger partial charge < -0.3 is 24.1 Å². The van der Waals surface area contributed by atoms with Crippen LogP contribution in [0.2, 0.25) is 0 Å². The second-order valence-electron chi connectivity index (χ2n) is 7.27. The van der Waals surface area contributed by atoms with Crippen LogP contribution >= 0.6 is 0 Å². The number of nitrogens with zero attached hydrogens (tertiary/aromatic N) is 1. The van der Waals surface area contributed by atoms with Gasteiger partial charge in [-0.05, 0) is 43.0 Å². The number of carbonyl (C=O) groups is 1. The Bertz CT molecular complexity index is 1000. The van der Waals surface area contributed by atoms with Crippen LogP contribution in [0.5, 0.6) is 17.2 Å². The first-order valence-electron chi connectivity index (χ1n) is 9.82.